The lowest BCUT2D eigenvalue weighted by Crippen LogP contribution is -2.53. The minimum absolute atomic E-state index is 0.655. The van der Waals surface area contributed by atoms with Crippen LogP contribution in [0.15, 0.2) is 30.5 Å². The molecule has 2 heteroatoms. The Kier molecular flexibility index (Phi) is 8.41. The lowest BCUT2D eigenvalue weighted by atomic mass is 9.85. The molecule has 1 saturated heterocycles. The summed E-state index contributed by atoms with van der Waals surface area (Å²) in [6.07, 6.45) is 7.24. The normalized spacial score (nSPS) is 23.1. The molecule has 0 spiro atoms. The van der Waals surface area contributed by atoms with Crippen LogP contribution in [0.1, 0.15) is 69.6 Å². The van der Waals surface area contributed by atoms with Crippen molar-refractivity contribution in [2.45, 2.75) is 85.2 Å². The molecule has 0 saturated carbocycles. The van der Waals surface area contributed by atoms with Gasteiger partial charge in [0.05, 0.1) is 0 Å². The van der Waals surface area contributed by atoms with E-state index < -0.39 is 0 Å². The number of likely N-dealkylation sites (tertiary alicyclic amines) is 1. The molecule has 1 fully saturated rings. The molecule has 152 valence electrons. The van der Waals surface area contributed by atoms with Crippen LogP contribution in [0.2, 0.25) is 0 Å². The summed E-state index contributed by atoms with van der Waals surface area (Å²) >= 11 is 0. The molecule has 0 radical (unpaired) electrons. The van der Waals surface area contributed by atoms with Crippen LogP contribution in [-0.2, 0) is 6.42 Å². The van der Waals surface area contributed by atoms with Crippen molar-refractivity contribution >= 4 is 0 Å². The van der Waals surface area contributed by atoms with Crippen LogP contribution in [-0.4, -0.2) is 42.0 Å². The van der Waals surface area contributed by atoms with E-state index in [2.05, 4.69) is 76.2 Å². The highest BCUT2D eigenvalue weighted by Crippen LogP contribution is 2.32. The topological polar surface area (TPSA) is 6.48 Å². The van der Waals surface area contributed by atoms with E-state index in [0.29, 0.717) is 18.0 Å². The van der Waals surface area contributed by atoms with E-state index in [0.717, 1.165) is 19.4 Å². The molecule has 27 heavy (non-hydrogen) atoms. The number of benzene rings is 1. The molecule has 0 aromatic heterocycles. The van der Waals surface area contributed by atoms with Gasteiger partial charge in [0.15, 0.2) is 0 Å². The van der Waals surface area contributed by atoms with Gasteiger partial charge in [-0.2, -0.15) is 0 Å². The Balaban J connectivity index is 2.01. The number of piperidine rings is 1. The Hall–Kier alpha value is -1.28. The predicted octanol–water partition coefficient (Wildman–Crippen LogP) is 5.97. The van der Waals surface area contributed by atoms with Gasteiger partial charge in [0.2, 0.25) is 0 Å². The molecule has 1 aromatic rings. The molecule has 3 atom stereocenters. The van der Waals surface area contributed by atoms with Crippen LogP contribution in [0.5, 0.6) is 0 Å². The van der Waals surface area contributed by atoms with Crippen LogP contribution < -0.4 is 0 Å². The number of hydrogen-bond acceptors (Lipinski definition) is 2. The monoisotopic (exact) mass is 370 g/mol. The number of aryl methyl sites for hydroxylation is 3. The molecule has 0 N–H and O–H groups in total. The highest BCUT2D eigenvalue weighted by molar-refractivity contribution is 5.30. The second-order valence-electron chi connectivity index (χ2n) is 8.84. The third-order valence-corrected chi connectivity index (χ3v) is 6.54. The highest BCUT2D eigenvalue weighted by atomic mass is 15.2. The lowest BCUT2D eigenvalue weighted by Gasteiger charge is -2.48. The summed E-state index contributed by atoms with van der Waals surface area (Å²) in [7, 11) is 2.32. The van der Waals surface area contributed by atoms with Gasteiger partial charge in [-0.05, 0) is 82.2 Å². The molecule has 1 aliphatic heterocycles. The predicted molar refractivity (Wildman–Crippen MR) is 119 cm³/mol. The van der Waals surface area contributed by atoms with E-state index in [1.54, 1.807) is 0 Å². The second kappa shape index (κ2) is 10.3. The van der Waals surface area contributed by atoms with Crippen molar-refractivity contribution in [3.63, 3.8) is 0 Å². The van der Waals surface area contributed by atoms with E-state index in [4.69, 9.17) is 0 Å². The van der Waals surface area contributed by atoms with E-state index in [9.17, 15) is 0 Å². The zero-order valence-corrected chi connectivity index (χ0v) is 18.7. The SMILES string of the molecule is C=C(CCc1ccc(C)c(C)c1)N1CC(C)C(N(C)CCC)CC1CCC. The molecule has 1 aromatic carbocycles. The second-order valence-corrected chi connectivity index (χ2v) is 8.84. The minimum Gasteiger partial charge on any atom is -0.372 e. The van der Waals surface area contributed by atoms with Gasteiger partial charge in [0.25, 0.3) is 0 Å². The van der Waals surface area contributed by atoms with Crippen molar-refractivity contribution < 1.29 is 0 Å². The molecule has 1 aliphatic rings. The third kappa shape index (κ3) is 5.85. The Morgan fingerprint density at radius 3 is 2.56 bits per heavy atom. The van der Waals surface area contributed by atoms with Crippen molar-refractivity contribution in [3.8, 4) is 0 Å². The van der Waals surface area contributed by atoms with Gasteiger partial charge in [-0.15, -0.1) is 0 Å². The molecule has 0 aliphatic carbocycles. The van der Waals surface area contributed by atoms with Gasteiger partial charge in [0, 0.05) is 24.3 Å². The van der Waals surface area contributed by atoms with Crippen molar-refractivity contribution in [3.05, 3.63) is 47.2 Å². The van der Waals surface area contributed by atoms with Gasteiger partial charge in [-0.3, -0.25) is 0 Å². The van der Waals surface area contributed by atoms with E-state index in [-0.39, 0.29) is 0 Å². The Labute approximate surface area is 168 Å². The fraction of sp³-hybridized carbons (Fsp3) is 0.680. The Morgan fingerprint density at radius 1 is 1.19 bits per heavy atom. The smallest absolute Gasteiger partial charge is 0.0301 e. The van der Waals surface area contributed by atoms with E-state index in [1.807, 2.05) is 0 Å². The number of rotatable bonds is 9. The van der Waals surface area contributed by atoms with Crippen LogP contribution in [0, 0.1) is 19.8 Å². The molecule has 3 unspecified atom stereocenters. The standard InChI is InChI=1S/C25H42N2/c1-8-10-24-17-25(26(7)15-9-2)21(5)18-27(24)22(6)12-14-23-13-11-19(3)20(4)16-23/h11,13,16,21,24-25H,6,8-10,12,14-15,17-18H2,1-5,7H3. The first-order chi connectivity index (χ1) is 12.9. The fourth-order valence-electron chi connectivity index (χ4n) is 4.74. The molecule has 1 heterocycles. The maximum Gasteiger partial charge on any atom is 0.0301 e. The summed E-state index contributed by atoms with van der Waals surface area (Å²) in [4.78, 5) is 5.26. The minimum atomic E-state index is 0.655. The molecule has 0 bridgehead atoms. The van der Waals surface area contributed by atoms with Crippen molar-refractivity contribution in [2.75, 3.05) is 20.1 Å². The maximum atomic E-state index is 4.52. The van der Waals surface area contributed by atoms with Crippen LogP contribution in [0.25, 0.3) is 0 Å². The van der Waals surface area contributed by atoms with Crippen molar-refractivity contribution in [2.24, 2.45) is 5.92 Å². The van der Waals surface area contributed by atoms with Gasteiger partial charge in [-0.25, -0.2) is 0 Å². The van der Waals surface area contributed by atoms with Gasteiger partial charge in [0.1, 0.15) is 0 Å². The molecule has 2 rings (SSSR count). The molecule has 0 amide bonds. The number of nitrogens with zero attached hydrogens (tertiary/aromatic N) is 2. The van der Waals surface area contributed by atoms with Crippen LogP contribution in [0.4, 0.5) is 0 Å². The maximum absolute atomic E-state index is 4.52. The third-order valence-electron chi connectivity index (χ3n) is 6.54. The first-order valence-corrected chi connectivity index (χ1v) is 11.1. The zero-order chi connectivity index (χ0) is 20.0. The average Bonchev–Trinajstić information content (AvgIpc) is 2.64. The lowest BCUT2D eigenvalue weighted by molar-refractivity contribution is 0.0520. The van der Waals surface area contributed by atoms with E-state index in [1.165, 1.54) is 54.6 Å². The largest absolute Gasteiger partial charge is 0.372 e. The Morgan fingerprint density at radius 2 is 1.93 bits per heavy atom. The quantitative estimate of drug-likeness (QED) is 0.528. The first-order valence-electron chi connectivity index (χ1n) is 11.1. The van der Waals surface area contributed by atoms with Gasteiger partial charge >= 0.3 is 0 Å². The Bertz CT molecular complexity index is 606. The summed E-state index contributed by atoms with van der Waals surface area (Å²) in [5.41, 5.74) is 5.56. The highest BCUT2D eigenvalue weighted by Gasteiger charge is 2.34. The van der Waals surface area contributed by atoms with E-state index >= 15 is 0 Å². The zero-order valence-electron chi connectivity index (χ0n) is 18.7. The van der Waals surface area contributed by atoms with Crippen molar-refractivity contribution in [1.82, 2.24) is 9.80 Å². The molecular weight excluding hydrogens is 328 g/mol. The van der Waals surface area contributed by atoms with Gasteiger partial charge < -0.3 is 9.80 Å². The summed E-state index contributed by atoms with van der Waals surface area (Å²) in [5.74, 6) is 0.702. The van der Waals surface area contributed by atoms with Crippen molar-refractivity contribution in [1.29, 1.82) is 0 Å². The number of allylic oxidation sites excluding steroid dienone is 1. The summed E-state index contributed by atoms with van der Waals surface area (Å²) < 4.78 is 0. The number of hydrogen-bond donors (Lipinski definition) is 0. The fourth-order valence-corrected chi connectivity index (χ4v) is 4.74. The summed E-state index contributed by atoms with van der Waals surface area (Å²) in [5, 5.41) is 0. The first kappa shape index (κ1) is 22.0. The summed E-state index contributed by atoms with van der Waals surface area (Å²) in [6, 6.07) is 8.26. The summed E-state index contributed by atoms with van der Waals surface area (Å²) in [6.45, 7) is 18.3. The van der Waals surface area contributed by atoms with Gasteiger partial charge in [-0.1, -0.05) is 52.0 Å². The van der Waals surface area contributed by atoms with Crippen LogP contribution >= 0.6 is 0 Å². The average molecular weight is 371 g/mol. The van der Waals surface area contributed by atoms with Crippen LogP contribution in [0.3, 0.4) is 0 Å². The molecule has 2 nitrogen and oxygen atoms in total. The molecular formula is C25H42N2.